The Bertz CT molecular complexity index is 725. The molecule has 1 N–H and O–H groups in total. The maximum Gasteiger partial charge on any atom is 0.157 e. The minimum atomic E-state index is -0.637. The van der Waals surface area contributed by atoms with E-state index in [4.69, 9.17) is 39.5 Å². The van der Waals surface area contributed by atoms with Gasteiger partial charge in [-0.05, 0) is 61.8 Å². The van der Waals surface area contributed by atoms with Gasteiger partial charge in [0.25, 0.3) is 0 Å². The lowest BCUT2D eigenvalue weighted by molar-refractivity contribution is -0.129. The number of aryl methyl sites for hydroxylation is 1. The van der Waals surface area contributed by atoms with Crippen LogP contribution in [0.3, 0.4) is 0 Å². The largest absolute Gasteiger partial charge is 0.368 e. The number of aliphatic hydroxyl groups is 1. The highest BCUT2D eigenvalue weighted by molar-refractivity contribution is 6.35. The molecule has 1 aromatic rings. The van der Waals surface area contributed by atoms with E-state index in [2.05, 4.69) is 32.9 Å². The van der Waals surface area contributed by atoms with Crippen LogP contribution < -0.4 is 0 Å². The lowest BCUT2D eigenvalue weighted by Crippen LogP contribution is -2.26. The molecule has 1 saturated heterocycles. The Labute approximate surface area is 184 Å². The van der Waals surface area contributed by atoms with Crippen molar-refractivity contribution in [1.82, 2.24) is 0 Å². The summed E-state index contributed by atoms with van der Waals surface area (Å²) in [6.45, 7) is 8.96. The third-order valence-corrected chi connectivity index (χ3v) is 6.85. The minimum Gasteiger partial charge on any atom is -0.368 e. The second-order valence-corrected chi connectivity index (χ2v) is 9.74. The quantitative estimate of drug-likeness (QED) is 0.520. The molecule has 2 nitrogen and oxygen atoms in total. The van der Waals surface area contributed by atoms with Gasteiger partial charge < -0.3 is 9.84 Å². The summed E-state index contributed by atoms with van der Waals surface area (Å²) in [5.41, 5.74) is 2.44. The third kappa shape index (κ3) is 6.78. The minimum absolute atomic E-state index is 0.0833. The van der Waals surface area contributed by atoms with Crippen LogP contribution in [-0.4, -0.2) is 18.0 Å². The molecular formula is C23H31Cl3O2. The van der Waals surface area contributed by atoms with E-state index >= 15 is 0 Å². The second kappa shape index (κ2) is 10.5. The van der Waals surface area contributed by atoms with Crippen molar-refractivity contribution in [2.45, 2.75) is 59.7 Å². The Morgan fingerprint density at radius 2 is 1.93 bits per heavy atom. The van der Waals surface area contributed by atoms with Crippen LogP contribution >= 0.6 is 34.8 Å². The smallest absolute Gasteiger partial charge is 0.157 e. The van der Waals surface area contributed by atoms with Crippen molar-refractivity contribution in [3.63, 3.8) is 0 Å². The second-order valence-electron chi connectivity index (χ2n) is 8.49. The van der Waals surface area contributed by atoms with E-state index in [0.717, 1.165) is 40.8 Å². The van der Waals surface area contributed by atoms with Gasteiger partial charge in [0, 0.05) is 33.0 Å². The molecule has 1 aliphatic heterocycles. The van der Waals surface area contributed by atoms with Crippen molar-refractivity contribution in [3.8, 4) is 0 Å². The molecule has 0 spiro atoms. The van der Waals surface area contributed by atoms with Gasteiger partial charge in [-0.15, -0.1) is 0 Å². The van der Waals surface area contributed by atoms with E-state index in [1.807, 2.05) is 25.1 Å². The van der Waals surface area contributed by atoms with Gasteiger partial charge in [0.15, 0.2) is 6.29 Å². The molecule has 0 bridgehead atoms. The summed E-state index contributed by atoms with van der Waals surface area (Å²) in [5, 5.41) is 12.3. The highest BCUT2D eigenvalue weighted by Crippen LogP contribution is 2.38. The molecule has 0 saturated carbocycles. The van der Waals surface area contributed by atoms with Crippen LogP contribution in [0.5, 0.6) is 0 Å². The van der Waals surface area contributed by atoms with E-state index in [-0.39, 0.29) is 11.3 Å². The Kier molecular flexibility index (Phi) is 8.91. The number of rotatable bonds is 2. The molecule has 1 fully saturated rings. The molecule has 0 amide bonds. The maximum absolute atomic E-state index is 9.86. The van der Waals surface area contributed by atoms with Gasteiger partial charge in [0.2, 0.25) is 0 Å². The van der Waals surface area contributed by atoms with Crippen molar-refractivity contribution in [1.29, 1.82) is 0 Å². The molecular weight excluding hydrogens is 415 g/mol. The normalized spacial score (nSPS) is 27.1. The fourth-order valence-corrected chi connectivity index (χ4v) is 4.16. The van der Waals surface area contributed by atoms with Crippen molar-refractivity contribution in [2.24, 2.45) is 17.3 Å². The first kappa shape index (κ1) is 23.8. The van der Waals surface area contributed by atoms with Crippen LogP contribution in [0, 0.1) is 24.2 Å². The Morgan fingerprint density at radius 1 is 1.21 bits per heavy atom. The molecule has 156 valence electrons. The van der Waals surface area contributed by atoms with Gasteiger partial charge in [-0.2, -0.15) is 0 Å². The average Bonchev–Trinajstić information content (AvgIpc) is 2.77. The van der Waals surface area contributed by atoms with Gasteiger partial charge in [-0.25, -0.2) is 0 Å². The molecule has 0 aromatic heterocycles. The Morgan fingerprint density at radius 3 is 2.54 bits per heavy atom. The lowest BCUT2D eigenvalue weighted by atomic mass is 9.84. The third-order valence-electron chi connectivity index (χ3n) is 5.61. The van der Waals surface area contributed by atoms with E-state index in [1.54, 1.807) is 0 Å². The number of allylic oxidation sites excluding steroid dienone is 4. The summed E-state index contributed by atoms with van der Waals surface area (Å²) in [7, 11) is 0. The standard InChI is InChI=1S/C15H21ClO2.C8H10Cl2/c1-10-5-6-13(14(16)8-10)9-12-4-3-7-18-15(17)11(12)2;1-8(2)4-3-6(9)5-7(8)10/h5-6,8,11-12,15,17H,3-4,7,9H2,1-2H3;3,5H,4H2,1-2H3/t11?,12?,15-;/m0./s1. The summed E-state index contributed by atoms with van der Waals surface area (Å²) in [5.74, 6) is 0.590. The Hall–Kier alpha value is -0.510. The van der Waals surface area contributed by atoms with Gasteiger partial charge in [-0.3, -0.25) is 0 Å². The SMILES string of the molecule is CC1(C)CC=C(Cl)C=C1Cl.Cc1ccc(CC2CCCO[C@H](O)C2C)c(Cl)c1. The van der Waals surface area contributed by atoms with E-state index < -0.39 is 6.29 Å². The zero-order valence-electron chi connectivity index (χ0n) is 17.1. The summed E-state index contributed by atoms with van der Waals surface area (Å²) in [6.07, 6.45) is 7.11. The number of benzene rings is 1. The molecule has 28 heavy (non-hydrogen) atoms. The summed E-state index contributed by atoms with van der Waals surface area (Å²) >= 11 is 18.0. The van der Waals surface area contributed by atoms with E-state index in [0.29, 0.717) is 12.5 Å². The summed E-state index contributed by atoms with van der Waals surface area (Å²) in [6, 6.07) is 6.20. The van der Waals surface area contributed by atoms with Gasteiger partial charge >= 0.3 is 0 Å². The molecule has 3 rings (SSSR count). The molecule has 1 heterocycles. The molecule has 1 aliphatic carbocycles. The molecule has 1 aromatic carbocycles. The first-order chi connectivity index (χ1) is 13.1. The highest BCUT2D eigenvalue weighted by Gasteiger charge is 2.28. The molecule has 5 heteroatoms. The lowest BCUT2D eigenvalue weighted by Gasteiger charge is -2.25. The van der Waals surface area contributed by atoms with Crippen LogP contribution in [0.2, 0.25) is 5.02 Å². The van der Waals surface area contributed by atoms with Crippen LogP contribution in [0.15, 0.2) is 40.4 Å². The number of halogens is 3. The molecule has 2 aliphatic rings. The fourth-order valence-electron chi connectivity index (χ4n) is 3.41. The molecule has 0 radical (unpaired) electrons. The predicted molar refractivity (Wildman–Crippen MR) is 120 cm³/mol. The monoisotopic (exact) mass is 444 g/mol. The average molecular weight is 446 g/mol. The van der Waals surface area contributed by atoms with Crippen molar-refractivity contribution < 1.29 is 9.84 Å². The topological polar surface area (TPSA) is 29.5 Å². The molecule has 2 unspecified atom stereocenters. The number of ether oxygens (including phenoxy) is 1. The van der Waals surface area contributed by atoms with Crippen LogP contribution in [0.1, 0.15) is 51.2 Å². The molecule has 3 atom stereocenters. The van der Waals surface area contributed by atoms with Crippen molar-refractivity contribution in [3.05, 3.63) is 56.6 Å². The van der Waals surface area contributed by atoms with Crippen LogP contribution in [0.25, 0.3) is 0 Å². The van der Waals surface area contributed by atoms with Crippen LogP contribution in [0.4, 0.5) is 0 Å². The summed E-state index contributed by atoms with van der Waals surface area (Å²) in [4.78, 5) is 0. The van der Waals surface area contributed by atoms with E-state index in [9.17, 15) is 5.11 Å². The number of hydrogen-bond donors (Lipinski definition) is 1. The first-order valence-electron chi connectivity index (χ1n) is 9.88. The Balaban J connectivity index is 0.000000237. The van der Waals surface area contributed by atoms with Gasteiger partial charge in [0.05, 0.1) is 0 Å². The fraction of sp³-hybridized carbons (Fsp3) is 0.565. The number of hydrogen-bond acceptors (Lipinski definition) is 2. The van der Waals surface area contributed by atoms with Crippen molar-refractivity contribution >= 4 is 34.8 Å². The van der Waals surface area contributed by atoms with E-state index in [1.165, 1.54) is 11.1 Å². The van der Waals surface area contributed by atoms with Crippen molar-refractivity contribution in [2.75, 3.05) is 6.61 Å². The first-order valence-corrected chi connectivity index (χ1v) is 11.0. The van der Waals surface area contributed by atoms with Gasteiger partial charge in [0.1, 0.15) is 0 Å². The highest BCUT2D eigenvalue weighted by atomic mass is 35.5. The zero-order chi connectivity index (χ0) is 20.9. The van der Waals surface area contributed by atoms with Crippen LogP contribution in [-0.2, 0) is 11.2 Å². The zero-order valence-corrected chi connectivity index (χ0v) is 19.4. The maximum atomic E-state index is 9.86. The van der Waals surface area contributed by atoms with Gasteiger partial charge in [-0.1, -0.05) is 73.8 Å². The number of aliphatic hydroxyl groups excluding tert-OH is 1. The predicted octanol–water partition coefficient (Wildman–Crippen LogP) is 7.23. The summed E-state index contributed by atoms with van der Waals surface area (Å²) < 4.78 is 5.35.